The molecule has 0 bridgehead atoms. The molecule has 0 aliphatic carbocycles. The summed E-state index contributed by atoms with van der Waals surface area (Å²) in [5.74, 6) is -0.309. The van der Waals surface area contributed by atoms with E-state index >= 15 is 0 Å². The molecule has 1 amide bonds. The van der Waals surface area contributed by atoms with Gasteiger partial charge in [-0.25, -0.2) is 4.98 Å². The van der Waals surface area contributed by atoms with Crippen LogP contribution in [0, 0.1) is 0 Å². The Morgan fingerprint density at radius 3 is 2.39 bits per heavy atom. The zero-order valence-corrected chi connectivity index (χ0v) is 16.7. The lowest BCUT2D eigenvalue weighted by Gasteiger charge is -2.12. The van der Waals surface area contributed by atoms with Crippen molar-refractivity contribution in [2.45, 2.75) is 0 Å². The van der Waals surface area contributed by atoms with Crippen LogP contribution in [0.15, 0.2) is 72.8 Å². The highest BCUT2D eigenvalue weighted by Gasteiger charge is 2.16. The number of halogens is 3. The Balaban J connectivity index is 1.84. The molecule has 0 saturated carbocycles. The molecule has 0 atom stereocenters. The number of carbonyl (C=O) groups excluding carboxylic acids is 1. The SMILES string of the molecule is O=C(Nc1cc(Cl)ccc1Cl)c1cc(-c2ccccc2Cl)nc2ccccc12. The average molecular weight is 428 g/mol. The number of carbonyl (C=O) groups is 1. The summed E-state index contributed by atoms with van der Waals surface area (Å²) >= 11 is 18.6. The molecule has 4 rings (SSSR count). The lowest BCUT2D eigenvalue weighted by atomic mass is 10.0. The molecule has 0 aliphatic rings. The molecule has 3 aromatic carbocycles. The predicted octanol–water partition coefficient (Wildman–Crippen LogP) is 7.11. The van der Waals surface area contributed by atoms with Crippen LogP contribution in [-0.2, 0) is 0 Å². The van der Waals surface area contributed by atoms with Gasteiger partial charge in [0.1, 0.15) is 0 Å². The Kier molecular flexibility index (Phi) is 5.23. The molecular weight excluding hydrogens is 415 g/mol. The van der Waals surface area contributed by atoms with Gasteiger partial charge in [-0.05, 0) is 36.4 Å². The minimum atomic E-state index is -0.309. The Labute approximate surface area is 176 Å². The summed E-state index contributed by atoms with van der Waals surface area (Å²) in [6.07, 6.45) is 0. The maximum absolute atomic E-state index is 13.1. The smallest absolute Gasteiger partial charge is 0.256 e. The van der Waals surface area contributed by atoms with Crippen LogP contribution < -0.4 is 5.32 Å². The Bertz CT molecular complexity index is 1210. The number of fused-ring (bicyclic) bond motifs is 1. The number of benzene rings is 3. The number of rotatable bonds is 3. The predicted molar refractivity (Wildman–Crippen MR) is 117 cm³/mol. The molecule has 138 valence electrons. The van der Waals surface area contributed by atoms with Crippen LogP contribution >= 0.6 is 34.8 Å². The van der Waals surface area contributed by atoms with Gasteiger partial charge in [0, 0.05) is 21.0 Å². The van der Waals surface area contributed by atoms with Crippen LogP contribution in [0.5, 0.6) is 0 Å². The topological polar surface area (TPSA) is 42.0 Å². The van der Waals surface area contributed by atoms with Crippen LogP contribution in [0.2, 0.25) is 15.1 Å². The second kappa shape index (κ2) is 7.80. The lowest BCUT2D eigenvalue weighted by molar-refractivity contribution is 0.102. The maximum Gasteiger partial charge on any atom is 0.256 e. The number of nitrogens with zero attached hydrogens (tertiary/aromatic N) is 1. The van der Waals surface area contributed by atoms with Crippen molar-refractivity contribution in [1.82, 2.24) is 4.98 Å². The first-order chi connectivity index (χ1) is 13.5. The fraction of sp³-hybridized carbons (Fsp3) is 0. The van der Waals surface area contributed by atoms with E-state index < -0.39 is 0 Å². The van der Waals surface area contributed by atoms with Crippen LogP contribution in [0.1, 0.15) is 10.4 Å². The highest BCUT2D eigenvalue weighted by Crippen LogP contribution is 2.31. The van der Waals surface area contributed by atoms with Gasteiger partial charge in [-0.1, -0.05) is 71.2 Å². The van der Waals surface area contributed by atoms with Gasteiger partial charge in [0.05, 0.1) is 27.5 Å². The highest BCUT2D eigenvalue weighted by atomic mass is 35.5. The van der Waals surface area contributed by atoms with Gasteiger partial charge in [0.15, 0.2) is 0 Å². The number of para-hydroxylation sites is 1. The molecule has 0 saturated heterocycles. The van der Waals surface area contributed by atoms with Crippen molar-refractivity contribution >= 4 is 57.3 Å². The van der Waals surface area contributed by atoms with E-state index in [-0.39, 0.29) is 5.91 Å². The van der Waals surface area contributed by atoms with Gasteiger partial charge in [-0.2, -0.15) is 0 Å². The number of amides is 1. The molecule has 0 aliphatic heterocycles. The number of nitrogens with one attached hydrogen (secondary N) is 1. The van der Waals surface area contributed by atoms with E-state index in [4.69, 9.17) is 34.8 Å². The molecule has 0 fully saturated rings. The number of anilines is 1. The minimum absolute atomic E-state index is 0.309. The van der Waals surface area contributed by atoms with Gasteiger partial charge in [-0.15, -0.1) is 0 Å². The van der Waals surface area contributed by atoms with Gasteiger partial charge in [0.25, 0.3) is 5.91 Å². The van der Waals surface area contributed by atoms with E-state index in [1.165, 1.54) is 0 Å². The summed E-state index contributed by atoms with van der Waals surface area (Å²) in [6, 6.07) is 21.5. The summed E-state index contributed by atoms with van der Waals surface area (Å²) in [5, 5.41) is 5.02. The number of pyridine rings is 1. The third kappa shape index (κ3) is 3.69. The van der Waals surface area contributed by atoms with Gasteiger partial charge < -0.3 is 5.32 Å². The number of hydrogen-bond donors (Lipinski definition) is 1. The minimum Gasteiger partial charge on any atom is -0.321 e. The van der Waals surface area contributed by atoms with Crippen molar-refractivity contribution in [2.75, 3.05) is 5.32 Å². The molecule has 3 nitrogen and oxygen atoms in total. The third-order valence-corrected chi connectivity index (χ3v) is 5.18. The van der Waals surface area contributed by atoms with Crippen molar-refractivity contribution in [3.63, 3.8) is 0 Å². The van der Waals surface area contributed by atoms with E-state index in [1.807, 2.05) is 42.5 Å². The Morgan fingerprint density at radius 1 is 0.821 bits per heavy atom. The zero-order valence-electron chi connectivity index (χ0n) is 14.4. The highest BCUT2D eigenvalue weighted by molar-refractivity contribution is 6.36. The van der Waals surface area contributed by atoms with Crippen molar-refractivity contribution in [3.05, 3.63) is 93.4 Å². The average Bonchev–Trinajstić information content (AvgIpc) is 2.70. The summed E-state index contributed by atoms with van der Waals surface area (Å²) in [4.78, 5) is 17.8. The number of hydrogen-bond acceptors (Lipinski definition) is 2. The quantitative estimate of drug-likeness (QED) is 0.378. The van der Waals surface area contributed by atoms with E-state index in [1.54, 1.807) is 30.3 Å². The van der Waals surface area contributed by atoms with Crippen molar-refractivity contribution in [3.8, 4) is 11.3 Å². The molecule has 28 heavy (non-hydrogen) atoms. The summed E-state index contributed by atoms with van der Waals surface area (Å²) < 4.78 is 0. The van der Waals surface area contributed by atoms with Crippen LogP contribution in [0.3, 0.4) is 0 Å². The largest absolute Gasteiger partial charge is 0.321 e. The summed E-state index contributed by atoms with van der Waals surface area (Å²) in [5.41, 5.74) is 2.98. The monoisotopic (exact) mass is 426 g/mol. The molecular formula is C22H13Cl3N2O. The zero-order chi connectivity index (χ0) is 19.7. The standard InChI is InChI=1S/C22H13Cl3N2O/c23-13-9-10-18(25)21(11-13)27-22(28)16-12-20(15-6-1-3-7-17(15)24)26-19-8-4-2-5-14(16)19/h1-12H,(H,27,28). The van der Waals surface area contributed by atoms with E-state index in [9.17, 15) is 4.79 Å². The number of aromatic nitrogens is 1. The van der Waals surface area contributed by atoms with Gasteiger partial charge in [-0.3, -0.25) is 4.79 Å². The second-order valence-corrected chi connectivity index (χ2v) is 7.38. The van der Waals surface area contributed by atoms with Crippen LogP contribution in [-0.4, -0.2) is 10.9 Å². The third-order valence-electron chi connectivity index (χ3n) is 4.29. The van der Waals surface area contributed by atoms with Gasteiger partial charge in [0.2, 0.25) is 0 Å². The van der Waals surface area contributed by atoms with E-state index in [0.717, 1.165) is 10.9 Å². The Morgan fingerprint density at radius 2 is 1.57 bits per heavy atom. The van der Waals surface area contributed by atoms with Crippen LogP contribution in [0.25, 0.3) is 22.2 Å². The maximum atomic E-state index is 13.1. The first kappa shape index (κ1) is 18.8. The lowest BCUT2D eigenvalue weighted by Crippen LogP contribution is -2.13. The molecule has 4 aromatic rings. The second-order valence-electron chi connectivity index (χ2n) is 6.13. The molecule has 1 N–H and O–H groups in total. The van der Waals surface area contributed by atoms with E-state index in [0.29, 0.717) is 37.5 Å². The van der Waals surface area contributed by atoms with Crippen molar-refractivity contribution in [2.24, 2.45) is 0 Å². The first-order valence-corrected chi connectivity index (χ1v) is 9.57. The Hall–Kier alpha value is -2.59. The molecule has 0 radical (unpaired) electrons. The fourth-order valence-corrected chi connectivity index (χ4v) is 3.52. The summed E-state index contributed by atoms with van der Waals surface area (Å²) in [7, 11) is 0. The fourth-order valence-electron chi connectivity index (χ4n) is 2.95. The van der Waals surface area contributed by atoms with Gasteiger partial charge >= 0.3 is 0 Å². The molecule has 1 aromatic heterocycles. The first-order valence-electron chi connectivity index (χ1n) is 8.44. The molecule has 0 unspecified atom stereocenters. The normalized spacial score (nSPS) is 10.8. The van der Waals surface area contributed by atoms with Crippen molar-refractivity contribution < 1.29 is 4.79 Å². The molecule has 0 spiro atoms. The summed E-state index contributed by atoms with van der Waals surface area (Å²) in [6.45, 7) is 0. The molecule has 1 heterocycles. The van der Waals surface area contributed by atoms with E-state index in [2.05, 4.69) is 10.3 Å². The molecule has 6 heteroatoms. The van der Waals surface area contributed by atoms with Crippen molar-refractivity contribution in [1.29, 1.82) is 0 Å². The van der Waals surface area contributed by atoms with Crippen LogP contribution in [0.4, 0.5) is 5.69 Å².